The van der Waals surface area contributed by atoms with Crippen molar-refractivity contribution in [3.8, 4) is 11.6 Å². The summed E-state index contributed by atoms with van der Waals surface area (Å²) in [5, 5.41) is 9.99. The Bertz CT molecular complexity index is 1710. The Labute approximate surface area is 246 Å². The summed E-state index contributed by atoms with van der Waals surface area (Å²) in [5.74, 6) is -0.0991. The normalized spacial score (nSPS) is 16.3. The fourth-order valence-electron chi connectivity index (χ4n) is 4.52. The predicted octanol–water partition coefficient (Wildman–Crippen LogP) is 3.80. The van der Waals surface area contributed by atoms with Gasteiger partial charge in [0.05, 0.1) is 36.8 Å². The monoisotopic (exact) mass is 591 g/mol. The van der Waals surface area contributed by atoms with E-state index < -0.39 is 23.2 Å². The van der Waals surface area contributed by atoms with Gasteiger partial charge in [-0.3, -0.25) is 19.1 Å². The highest BCUT2D eigenvalue weighted by Crippen LogP contribution is 2.32. The first kappa shape index (κ1) is 29.5. The van der Waals surface area contributed by atoms with Crippen LogP contribution in [0.25, 0.3) is 16.7 Å². The van der Waals surface area contributed by atoms with Crippen molar-refractivity contribution in [3.63, 3.8) is 0 Å². The topological polar surface area (TPSA) is 163 Å². The van der Waals surface area contributed by atoms with Crippen molar-refractivity contribution in [2.24, 2.45) is 0 Å². The van der Waals surface area contributed by atoms with Gasteiger partial charge in [-0.2, -0.15) is 0 Å². The molecule has 0 aliphatic heterocycles. The number of carbonyl (C=O) groups excluding carboxylic acids is 2. The number of fused-ring (bicyclic) bond motifs is 1. The third-order valence-corrected chi connectivity index (χ3v) is 6.90. The molecule has 14 heteroatoms. The van der Waals surface area contributed by atoms with E-state index in [1.807, 2.05) is 0 Å². The quantitative estimate of drug-likeness (QED) is 0.306. The average Bonchev–Trinajstić information content (AvgIpc) is 3.39. The number of methoxy groups -OCH3 is 2. The summed E-state index contributed by atoms with van der Waals surface area (Å²) in [6, 6.07) is 7.96. The number of nitrogens with zero attached hydrogens (tertiary/aromatic N) is 5. The second-order valence-electron chi connectivity index (χ2n) is 11.0. The molecule has 5 rings (SSSR count). The third kappa shape index (κ3) is 6.14. The molecule has 4 aromatic rings. The van der Waals surface area contributed by atoms with Crippen LogP contribution in [0.2, 0.25) is 0 Å². The maximum absolute atomic E-state index is 13.4. The van der Waals surface area contributed by atoms with Crippen LogP contribution >= 0.6 is 0 Å². The number of ether oxygens (including phenoxy) is 3. The van der Waals surface area contributed by atoms with Crippen LogP contribution in [0, 0.1) is 0 Å². The van der Waals surface area contributed by atoms with Crippen LogP contribution in [0.5, 0.6) is 5.88 Å². The fraction of sp³-hybridized carbons (Fsp3) is 0.379. The molecule has 1 saturated carbocycles. The molecule has 0 aromatic carbocycles. The molecule has 2 N–H and O–H groups in total. The van der Waals surface area contributed by atoms with E-state index in [4.69, 9.17) is 18.7 Å². The summed E-state index contributed by atoms with van der Waals surface area (Å²) < 4.78 is 22.9. The Morgan fingerprint density at radius 2 is 1.93 bits per heavy atom. The SMILES string of the molecule is COc1ccc(-n2cccc(Nc3cc(N(C)C(=O)OC(C)(C)C)c4noc(C(=O)NC5CC[C@H]5OC)c4n3)c2=O)cn1. The van der Waals surface area contributed by atoms with Crippen LogP contribution in [0.1, 0.15) is 44.2 Å². The number of carbonyl (C=O) groups is 2. The molecule has 14 nitrogen and oxygen atoms in total. The van der Waals surface area contributed by atoms with E-state index >= 15 is 0 Å². The maximum Gasteiger partial charge on any atom is 0.414 e. The first-order valence-corrected chi connectivity index (χ1v) is 13.6. The van der Waals surface area contributed by atoms with Gasteiger partial charge in [-0.25, -0.2) is 14.8 Å². The molecule has 226 valence electrons. The molecule has 1 fully saturated rings. The van der Waals surface area contributed by atoms with Gasteiger partial charge in [0, 0.05) is 32.5 Å². The van der Waals surface area contributed by atoms with Crippen molar-refractivity contribution in [1.82, 2.24) is 25.0 Å². The number of hydrogen-bond acceptors (Lipinski definition) is 11. The lowest BCUT2D eigenvalue weighted by atomic mass is 9.89. The lowest BCUT2D eigenvalue weighted by Crippen LogP contribution is -2.51. The number of amides is 2. The zero-order chi connectivity index (χ0) is 30.9. The Morgan fingerprint density at radius 3 is 2.56 bits per heavy atom. The largest absolute Gasteiger partial charge is 0.481 e. The minimum atomic E-state index is -0.764. The van der Waals surface area contributed by atoms with Crippen molar-refractivity contribution in [2.45, 2.75) is 51.4 Å². The smallest absolute Gasteiger partial charge is 0.414 e. The number of anilines is 3. The number of nitrogens with one attached hydrogen (secondary N) is 2. The van der Waals surface area contributed by atoms with Gasteiger partial charge in [0.2, 0.25) is 11.6 Å². The van der Waals surface area contributed by atoms with E-state index in [2.05, 4.69) is 25.8 Å². The molecule has 0 radical (unpaired) electrons. The molecule has 1 aliphatic carbocycles. The van der Waals surface area contributed by atoms with Gasteiger partial charge in [0.1, 0.15) is 22.6 Å². The fourth-order valence-corrected chi connectivity index (χ4v) is 4.52. The summed E-state index contributed by atoms with van der Waals surface area (Å²) in [7, 11) is 4.60. The van der Waals surface area contributed by atoms with Crippen LogP contribution in [-0.2, 0) is 9.47 Å². The second kappa shape index (κ2) is 11.7. The minimum Gasteiger partial charge on any atom is -0.481 e. The molecular formula is C29H33N7O7. The van der Waals surface area contributed by atoms with Gasteiger partial charge in [0.25, 0.3) is 11.5 Å². The van der Waals surface area contributed by atoms with Gasteiger partial charge in [-0.05, 0) is 51.8 Å². The van der Waals surface area contributed by atoms with Crippen LogP contribution in [0.3, 0.4) is 0 Å². The summed E-state index contributed by atoms with van der Waals surface area (Å²) in [4.78, 5) is 49.7. The Balaban J connectivity index is 1.54. The standard InChI is InChI=1S/C29H33N7O7/c1-29(2,3)42-28(39)35(4)19-14-21(31-18-8-7-13-36(27(18)38)16-9-12-22(41-6)30-15-16)33-24-23(19)34-43-25(24)26(37)32-17-10-11-20(17)40-5/h7-9,12-15,17,20H,10-11H2,1-6H3,(H,31,33)(H,32,37)/t17?,20-/m1/s1. The number of aromatic nitrogens is 4. The number of hydrogen-bond donors (Lipinski definition) is 2. The van der Waals surface area contributed by atoms with E-state index in [1.165, 1.54) is 35.9 Å². The predicted molar refractivity (Wildman–Crippen MR) is 157 cm³/mol. The summed E-state index contributed by atoms with van der Waals surface area (Å²) in [6.07, 6.45) is 3.95. The summed E-state index contributed by atoms with van der Waals surface area (Å²) in [5.41, 5.74) is 0.0466. The Hall–Kier alpha value is -4.98. The molecule has 0 spiro atoms. The lowest BCUT2D eigenvalue weighted by Gasteiger charge is -2.35. The van der Waals surface area contributed by atoms with Crippen molar-refractivity contribution < 1.29 is 28.3 Å². The van der Waals surface area contributed by atoms with Crippen molar-refractivity contribution in [3.05, 3.63) is 58.8 Å². The highest BCUT2D eigenvalue weighted by molar-refractivity contribution is 6.07. The first-order chi connectivity index (χ1) is 20.5. The molecule has 4 heterocycles. The zero-order valence-corrected chi connectivity index (χ0v) is 24.7. The molecule has 43 heavy (non-hydrogen) atoms. The van der Waals surface area contributed by atoms with Crippen LogP contribution < -0.4 is 25.8 Å². The highest BCUT2D eigenvalue weighted by atomic mass is 16.6. The molecule has 2 amide bonds. The van der Waals surface area contributed by atoms with Gasteiger partial charge in [-0.1, -0.05) is 5.16 Å². The van der Waals surface area contributed by atoms with Crippen molar-refractivity contribution in [1.29, 1.82) is 0 Å². The van der Waals surface area contributed by atoms with Crippen LogP contribution in [-0.4, -0.2) is 70.7 Å². The average molecular weight is 592 g/mol. The van der Waals surface area contributed by atoms with Crippen LogP contribution in [0.4, 0.5) is 22.0 Å². The van der Waals surface area contributed by atoms with E-state index in [1.54, 1.807) is 58.3 Å². The van der Waals surface area contributed by atoms with E-state index in [0.717, 1.165) is 12.8 Å². The van der Waals surface area contributed by atoms with Crippen molar-refractivity contribution in [2.75, 3.05) is 31.5 Å². The molecule has 2 atom stereocenters. The molecule has 0 saturated heterocycles. The third-order valence-electron chi connectivity index (χ3n) is 6.90. The second-order valence-corrected chi connectivity index (χ2v) is 11.0. The molecule has 1 aliphatic rings. The Kier molecular flexibility index (Phi) is 8.04. The minimum absolute atomic E-state index is 0.0943. The molecule has 4 aromatic heterocycles. The summed E-state index contributed by atoms with van der Waals surface area (Å²) in [6.45, 7) is 5.25. The maximum atomic E-state index is 13.4. The Morgan fingerprint density at radius 1 is 1.14 bits per heavy atom. The molecule has 0 bridgehead atoms. The van der Waals surface area contributed by atoms with Gasteiger partial charge in [0.15, 0.2) is 5.52 Å². The lowest BCUT2D eigenvalue weighted by molar-refractivity contribution is 0.00677. The molecule has 1 unspecified atom stereocenters. The van der Waals surface area contributed by atoms with E-state index in [-0.39, 0.29) is 46.1 Å². The van der Waals surface area contributed by atoms with Gasteiger partial charge >= 0.3 is 6.09 Å². The number of pyridine rings is 3. The van der Waals surface area contributed by atoms with Gasteiger partial charge in [-0.15, -0.1) is 0 Å². The highest BCUT2D eigenvalue weighted by Gasteiger charge is 2.34. The van der Waals surface area contributed by atoms with Crippen LogP contribution in [0.15, 0.2) is 52.0 Å². The van der Waals surface area contributed by atoms with Gasteiger partial charge < -0.3 is 29.4 Å². The number of rotatable bonds is 8. The van der Waals surface area contributed by atoms with E-state index in [9.17, 15) is 14.4 Å². The first-order valence-electron chi connectivity index (χ1n) is 13.6. The zero-order valence-electron chi connectivity index (χ0n) is 24.7. The van der Waals surface area contributed by atoms with E-state index in [0.29, 0.717) is 11.6 Å². The molecular weight excluding hydrogens is 558 g/mol. The summed E-state index contributed by atoms with van der Waals surface area (Å²) >= 11 is 0. The van der Waals surface area contributed by atoms with Crippen molar-refractivity contribution >= 4 is 40.2 Å².